The highest BCUT2D eigenvalue weighted by Crippen LogP contribution is 2.45. The summed E-state index contributed by atoms with van der Waals surface area (Å²) >= 11 is 0. The van der Waals surface area contributed by atoms with Crippen molar-refractivity contribution in [1.29, 1.82) is 0 Å². The number of carboxylic acids is 1. The minimum atomic E-state index is -0.972. The first kappa shape index (κ1) is 23.8. The number of ketones is 1. The van der Waals surface area contributed by atoms with Crippen molar-refractivity contribution >= 4 is 29.1 Å². The largest absolute Gasteiger partial charge is 0.507 e. The Morgan fingerprint density at radius 3 is 2.31 bits per heavy atom. The standard InChI is InChI=1S/C28H25NO6/c1-16-8-9-17(2)21(14-16)26(32)24-25(20-6-4-5-7-22(20)35-3)29(28(34)27(24)33)19-12-10-18(11-13-19)15-23(30)31/h4-14,25,32H,15H2,1-3H3,(H,30,31)/b26-24+. The molecule has 178 valence electrons. The molecule has 1 saturated heterocycles. The molecule has 0 spiro atoms. The van der Waals surface area contributed by atoms with E-state index in [0.717, 1.165) is 11.1 Å². The van der Waals surface area contributed by atoms with E-state index in [1.165, 1.54) is 12.0 Å². The Balaban J connectivity index is 1.95. The van der Waals surface area contributed by atoms with Gasteiger partial charge in [0.1, 0.15) is 11.5 Å². The van der Waals surface area contributed by atoms with E-state index in [0.29, 0.717) is 28.1 Å². The van der Waals surface area contributed by atoms with Gasteiger partial charge in [-0.15, -0.1) is 0 Å². The van der Waals surface area contributed by atoms with E-state index in [1.54, 1.807) is 54.6 Å². The molecule has 3 aromatic carbocycles. The van der Waals surface area contributed by atoms with Gasteiger partial charge in [0.25, 0.3) is 11.7 Å². The Morgan fingerprint density at radius 2 is 1.66 bits per heavy atom. The first-order valence-electron chi connectivity index (χ1n) is 11.0. The lowest BCUT2D eigenvalue weighted by molar-refractivity contribution is -0.136. The minimum absolute atomic E-state index is 0.0391. The molecule has 0 bridgehead atoms. The van der Waals surface area contributed by atoms with E-state index in [9.17, 15) is 19.5 Å². The van der Waals surface area contributed by atoms with E-state index < -0.39 is 23.7 Å². The Bertz CT molecular complexity index is 1360. The predicted octanol–water partition coefficient (Wildman–Crippen LogP) is 4.57. The van der Waals surface area contributed by atoms with Crippen LogP contribution < -0.4 is 9.64 Å². The van der Waals surface area contributed by atoms with Crippen molar-refractivity contribution in [2.45, 2.75) is 26.3 Å². The maximum absolute atomic E-state index is 13.4. The Labute approximate surface area is 202 Å². The van der Waals surface area contributed by atoms with Gasteiger partial charge in [0.05, 0.1) is 25.1 Å². The fraction of sp³-hybridized carbons (Fsp3) is 0.179. The Hall–Kier alpha value is -4.39. The monoisotopic (exact) mass is 471 g/mol. The Morgan fingerprint density at radius 1 is 0.971 bits per heavy atom. The van der Waals surface area contributed by atoms with Gasteiger partial charge in [-0.05, 0) is 49.2 Å². The van der Waals surface area contributed by atoms with Gasteiger partial charge >= 0.3 is 5.97 Å². The van der Waals surface area contributed by atoms with Crippen LogP contribution in [0.15, 0.2) is 72.3 Å². The number of carbonyl (C=O) groups excluding carboxylic acids is 2. The van der Waals surface area contributed by atoms with Crippen molar-refractivity contribution < 1.29 is 29.3 Å². The van der Waals surface area contributed by atoms with Crippen LogP contribution in [0.4, 0.5) is 5.69 Å². The van der Waals surface area contributed by atoms with Crippen LogP contribution in [-0.2, 0) is 20.8 Å². The smallest absolute Gasteiger partial charge is 0.307 e. The number of carboxylic acid groups (broad SMARTS) is 1. The highest BCUT2D eigenvalue weighted by atomic mass is 16.5. The second-order valence-electron chi connectivity index (χ2n) is 8.47. The number of para-hydroxylation sites is 1. The number of anilines is 1. The van der Waals surface area contributed by atoms with E-state index >= 15 is 0 Å². The number of aryl methyl sites for hydroxylation is 2. The summed E-state index contributed by atoms with van der Waals surface area (Å²) < 4.78 is 5.53. The number of aliphatic hydroxyl groups excluding tert-OH is 1. The summed E-state index contributed by atoms with van der Waals surface area (Å²) in [6.07, 6.45) is -0.165. The number of aliphatic carboxylic acids is 1. The minimum Gasteiger partial charge on any atom is -0.507 e. The van der Waals surface area contributed by atoms with Crippen LogP contribution in [0.3, 0.4) is 0 Å². The molecule has 1 aliphatic heterocycles. The zero-order valence-corrected chi connectivity index (χ0v) is 19.6. The lowest BCUT2D eigenvalue weighted by Crippen LogP contribution is -2.29. The summed E-state index contributed by atoms with van der Waals surface area (Å²) in [5, 5.41) is 20.5. The van der Waals surface area contributed by atoms with Crippen molar-refractivity contribution in [2.24, 2.45) is 0 Å². The zero-order valence-electron chi connectivity index (χ0n) is 19.6. The average molecular weight is 472 g/mol. The van der Waals surface area contributed by atoms with Gasteiger partial charge in [-0.1, -0.05) is 48.0 Å². The van der Waals surface area contributed by atoms with E-state index in [4.69, 9.17) is 9.84 Å². The first-order valence-corrected chi connectivity index (χ1v) is 11.0. The molecule has 1 fully saturated rings. The summed E-state index contributed by atoms with van der Waals surface area (Å²) in [5.41, 5.74) is 3.59. The van der Waals surface area contributed by atoms with Gasteiger partial charge in [-0.25, -0.2) is 0 Å². The van der Waals surface area contributed by atoms with Crippen LogP contribution in [0.1, 0.15) is 33.9 Å². The second-order valence-corrected chi connectivity index (χ2v) is 8.47. The summed E-state index contributed by atoms with van der Waals surface area (Å²) in [6, 6.07) is 18.0. The number of methoxy groups -OCH3 is 1. The third kappa shape index (κ3) is 4.40. The molecule has 1 aliphatic rings. The van der Waals surface area contributed by atoms with Crippen molar-refractivity contribution in [2.75, 3.05) is 12.0 Å². The summed E-state index contributed by atoms with van der Waals surface area (Å²) in [4.78, 5) is 39.1. The number of hydrogen-bond acceptors (Lipinski definition) is 5. The lowest BCUT2D eigenvalue weighted by Gasteiger charge is -2.27. The number of carbonyl (C=O) groups is 3. The van der Waals surface area contributed by atoms with Gasteiger partial charge in [-0.3, -0.25) is 19.3 Å². The second kappa shape index (κ2) is 9.46. The molecule has 0 radical (unpaired) electrons. The van der Waals surface area contributed by atoms with Crippen LogP contribution >= 0.6 is 0 Å². The molecule has 7 heteroatoms. The van der Waals surface area contributed by atoms with Gasteiger partial charge < -0.3 is 14.9 Å². The first-order chi connectivity index (χ1) is 16.7. The lowest BCUT2D eigenvalue weighted by atomic mass is 9.92. The fourth-order valence-electron chi connectivity index (χ4n) is 4.37. The SMILES string of the molecule is COc1ccccc1C1/C(=C(\O)c2cc(C)ccc2C)C(=O)C(=O)N1c1ccc(CC(=O)O)cc1. The summed E-state index contributed by atoms with van der Waals surface area (Å²) in [5.74, 6) is -2.38. The number of nitrogens with zero attached hydrogens (tertiary/aromatic N) is 1. The molecule has 0 aromatic heterocycles. The van der Waals surface area contributed by atoms with Gasteiger partial charge in [0.2, 0.25) is 0 Å². The maximum atomic E-state index is 13.4. The van der Waals surface area contributed by atoms with Crippen LogP contribution in [0.25, 0.3) is 5.76 Å². The molecule has 1 atom stereocenters. The van der Waals surface area contributed by atoms with E-state index in [-0.39, 0.29) is 17.8 Å². The third-order valence-corrected chi connectivity index (χ3v) is 6.10. The number of hydrogen-bond donors (Lipinski definition) is 2. The Kier molecular flexibility index (Phi) is 6.42. The van der Waals surface area contributed by atoms with Crippen LogP contribution in [0.5, 0.6) is 5.75 Å². The summed E-state index contributed by atoms with van der Waals surface area (Å²) in [7, 11) is 1.50. The molecular weight excluding hydrogens is 446 g/mol. The normalized spacial score (nSPS) is 17.0. The van der Waals surface area contributed by atoms with Crippen molar-refractivity contribution in [3.8, 4) is 5.75 Å². The zero-order chi connectivity index (χ0) is 25.3. The van der Waals surface area contributed by atoms with Crippen molar-refractivity contribution in [3.63, 3.8) is 0 Å². The molecule has 7 nitrogen and oxygen atoms in total. The fourth-order valence-corrected chi connectivity index (χ4v) is 4.37. The number of rotatable bonds is 6. The maximum Gasteiger partial charge on any atom is 0.307 e. The van der Waals surface area contributed by atoms with E-state index in [2.05, 4.69) is 0 Å². The summed E-state index contributed by atoms with van der Waals surface area (Å²) in [6.45, 7) is 3.70. The molecule has 3 aromatic rings. The van der Waals surface area contributed by atoms with Crippen molar-refractivity contribution in [1.82, 2.24) is 0 Å². The van der Waals surface area contributed by atoms with Crippen LogP contribution in [-0.4, -0.2) is 35.0 Å². The van der Waals surface area contributed by atoms with E-state index in [1.807, 2.05) is 26.0 Å². The number of benzene rings is 3. The number of ether oxygens (including phenoxy) is 1. The predicted molar refractivity (Wildman–Crippen MR) is 131 cm³/mol. The number of aliphatic hydroxyl groups is 1. The molecule has 2 N–H and O–H groups in total. The molecule has 4 rings (SSSR count). The van der Waals surface area contributed by atoms with Gasteiger partial charge in [0.15, 0.2) is 0 Å². The molecule has 1 amide bonds. The van der Waals surface area contributed by atoms with Crippen LogP contribution in [0, 0.1) is 13.8 Å². The highest BCUT2D eigenvalue weighted by Gasteiger charge is 2.48. The molecule has 1 unspecified atom stereocenters. The molecule has 1 heterocycles. The third-order valence-electron chi connectivity index (χ3n) is 6.10. The number of amides is 1. The topological polar surface area (TPSA) is 104 Å². The average Bonchev–Trinajstić information content (AvgIpc) is 3.10. The van der Waals surface area contributed by atoms with Crippen LogP contribution in [0.2, 0.25) is 0 Å². The van der Waals surface area contributed by atoms with Gasteiger partial charge in [-0.2, -0.15) is 0 Å². The molecule has 0 aliphatic carbocycles. The number of Topliss-reactive ketones (excluding diaryl/α,β-unsaturated/α-hetero) is 1. The molecule has 35 heavy (non-hydrogen) atoms. The van der Waals surface area contributed by atoms with Gasteiger partial charge in [0, 0.05) is 16.8 Å². The highest BCUT2D eigenvalue weighted by molar-refractivity contribution is 6.51. The molecule has 0 saturated carbocycles. The quantitative estimate of drug-likeness (QED) is 0.310. The van der Waals surface area contributed by atoms with Crippen molar-refractivity contribution in [3.05, 3.63) is 100 Å². The molecular formula is C28H25NO6.